The summed E-state index contributed by atoms with van der Waals surface area (Å²) < 4.78 is 0. The number of carboxylic acids is 1. The zero-order valence-electron chi connectivity index (χ0n) is 12.6. The highest BCUT2D eigenvalue weighted by molar-refractivity contribution is 5.86. The Hall–Kier alpha value is -1.63. The van der Waals surface area contributed by atoms with Crippen molar-refractivity contribution in [2.45, 2.75) is 39.2 Å². The van der Waals surface area contributed by atoms with Crippen LogP contribution in [-0.4, -0.2) is 48.6 Å². The van der Waals surface area contributed by atoms with Crippen LogP contribution in [0.15, 0.2) is 0 Å². The van der Waals surface area contributed by atoms with E-state index >= 15 is 0 Å². The maximum absolute atomic E-state index is 11.9. The lowest BCUT2D eigenvalue weighted by atomic mass is 9.88. The van der Waals surface area contributed by atoms with Crippen molar-refractivity contribution in [1.29, 1.82) is 0 Å². The number of carbonyl (C=O) groups is 3. The van der Waals surface area contributed by atoms with Crippen LogP contribution in [0.3, 0.4) is 0 Å². The maximum Gasteiger partial charge on any atom is 0.303 e. The number of hydrogen-bond acceptors (Lipinski definition) is 4. The van der Waals surface area contributed by atoms with E-state index in [1.54, 1.807) is 0 Å². The molecule has 0 aromatic rings. The van der Waals surface area contributed by atoms with Crippen LogP contribution in [0.4, 0.5) is 0 Å². The van der Waals surface area contributed by atoms with Crippen molar-refractivity contribution in [3.63, 3.8) is 0 Å². The Morgan fingerprint density at radius 3 is 2.62 bits per heavy atom. The molecule has 2 atom stereocenters. The summed E-state index contributed by atoms with van der Waals surface area (Å²) in [6.07, 6.45) is 1.55. The summed E-state index contributed by atoms with van der Waals surface area (Å²) in [6.45, 7) is 5.11. The Labute approximate surface area is 124 Å². The molecule has 1 fully saturated rings. The van der Waals surface area contributed by atoms with Gasteiger partial charge in [0.1, 0.15) is 6.04 Å². The van der Waals surface area contributed by atoms with Crippen LogP contribution in [0.1, 0.15) is 33.1 Å². The molecule has 0 radical (unpaired) electrons. The fourth-order valence-corrected chi connectivity index (χ4v) is 2.38. The molecule has 2 amide bonds. The van der Waals surface area contributed by atoms with Gasteiger partial charge in [-0.2, -0.15) is 0 Å². The topological polar surface area (TPSA) is 108 Å². The van der Waals surface area contributed by atoms with Crippen LogP contribution in [0.2, 0.25) is 0 Å². The van der Waals surface area contributed by atoms with Gasteiger partial charge >= 0.3 is 5.97 Å². The van der Waals surface area contributed by atoms with E-state index in [1.165, 1.54) is 0 Å². The predicted octanol–water partition coefficient (Wildman–Crippen LogP) is -0.282. The molecular formula is C14H25N3O4. The molecule has 0 aromatic carbocycles. The standard InChI is InChI=1S/C14H25N3O4/c1-9(2)10(3-4-13(19)20)5-6-15-14(21)11-7-17-12(18)8-16-11/h9-11,16H,3-8H2,1-2H3,(H,15,21)(H,17,18)(H,19,20). The van der Waals surface area contributed by atoms with E-state index in [-0.39, 0.29) is 36.7 Å². The van der Waals surface area contributed by atoms with Crippen LogP contribution in [0.25, 0.3) is 0 Å². The minimum Gasteiger partial charge on any atom is -0.481 e. The third-order valence-corrected chi connectivity index (χ3v) is 3.82. The first kappa shape index (κ1) is 17.4. The largest absolute Gasteiger partial charge is 0.481 e. The van der Waals surface area contributed by atoms with Gasteiger partial charge in [-0.05, 0) is 24.7 Å². The van der Waals surface area contributed by atoms with Gasteiger partial charge in [0, 0.05) is 19.5 Å². The second-order valence-electron chi connectivity index (χ2n) is 5.75. The number of amides is 2. The number of rotatable bonds is 8. The second-order valence-corrected chi connectivity index (χ2v) is 5.75. The van der Waals surface area contributed by atoms with Crippen molar-refractivity contribution < 1.29 is 19.5 Å². The fourth-order valence-electron chi connectivity index (χ4n) is 2.38. The summed E-state index contributed by atoms with van der Waals surface area (Å²) in [4.78, 5) is 33.5. The average molecular weight is 299 g/mol. The van der Waals surface area contributed by atoms with Crippen molar-refractivity contribution in [2.24, 2.45) is 11.8 Å². The quantitative estimate of drug-likeness (QED) is 0.493. The van der Waals surface area contributed by atoms with Crippen molar-refractivity contribution in [1.82, 2.24) is 16.0 Å². The molecule has 1 aliphatic rings. The second kappa shape index (κ2) is 8.61. The monoisotopic (exact) mass is 299 g/mol. The molecule has 1 aliphatic heterocycles. The molecule has 7 nitrogen and oxygen atoms in total. The van der Waals surface area contributed by atoms with Crippen LogP contribution in [0.5, 0.6) is 0 Å². The van der Waals surface area contributed by atoms with Gasteiger partial charge in [0.25, 0.3) is 0 Å². The van der Waals surface area contributed by atoms with Gasteiger partial charge in [0.05, 0.1) is 6.54 Å². The SMILES string of the molecule is CC(C)C(CCNC(=O)C1CNC(=O)CN1)CCC(=O)O. The normalized spacial score (nSPS) is 20.0. The van der Waals surface area contributed by atoms with E-state index in [0.717, 1.165) is 6.42 Å². The summed E-state index contributed by atoms with van der Waals surface area (Å²) in [5.41, 5.74) is 0. The molecule has 1 rings (SSSR count). The van der Waals surface area contributed by atoms with Crippen molar-refractivity contribution in [3.8, 4) is 0 Å². The summed E-state index contributed by atoms with van der Waals surface area (Å²) in [7, 11) is 0. The maximum atomic E-state index is 11.9. The lowest BCUT2D eigenvalue weighted by Gasteiger charge is -2.24. The molecule has 120 valence electrons. The Balaban J connectivity index is 2.27. The highest BCUT2D eigenvalue weighted by Gasteiger charge is 2.23. The van der Waals surface area contributed by atoms with Crippen LogP contribution in [-0.2, 0) is 14.4 Å². The Morgan fingerprint density at radius 1 is 1.38 bits per heavy atom. The first-order chi connectivity index (χ1) is 9.90. The Morgan fingerprint density at radius 2 is 2.10 bits per heavy atom. The third-order valence-electron chi connectivity index (χ3n) is 3.82. The average Bonchev–Trinajstić information content (AvgIpc) is 2.42. The molecule has 0 aliphatic carbocycles. The zero-order chi connectivity index (χ0) is 15.8. The van der Waals surface area contributed by atoms with E-state index in [9.17, 15) is 14.4 Å². The number of nitrogens with one attached hydrogen (secondary N) is 3. The molecule has 21 heavy (non-hydrogen) atoms. The Kier molecular flexibility index (Phi) is 7.14. The molecular weight excluding hydrogens is 274 g/mol. The number of carboxylic acid groups (broad SMARTS) is 1. The molecule has 0 bridgehead atoms. The lowest BCUT2D eigenvalue weighted by Crippen LogP contribution is -2.58. The number of piperazine rings is 1. The minimum absolute atomic E-state index is 0.104. The van der Waals surface area contributed by atoms with E-state index in [4.69, 9.17) is 5.11 Å². The molecule has 0 saturated carbocycles. The molecule has 1 saturated heterocycles. The van der Waals surface area contributed by atoms with Crippen molar-refractivity contribution in [3.05, 3.63) is 0 Å². The van der Waals surface area contributed by atoms with Gasteiger partial charge in [-0.25, -0.2) is 0 Å². The molecule has 1 heterocycles. The van der Waals surface area contributed by atoms with E-state index in [0.29, 0.717) is 25.4 Å². The predicted molar refractivity (Wildman–Crippen MR) is 77.6 cm³/mol. The summed E-state index contributed by atoms with van der Waals surface area (Å²) >= 11 is 0. The van der Waals surface area contributed by atoms with Gasteiger partial charge in [-0.3, -0.25) is 19.7 Å². The highest BCUT2D eigenvalue weighted by Crippen LogP contribution is 2.20. The fraction of sp³-hybridized carbons (Fsp3) is 0.786. The summed E-state index contributed by atoms with van der Waals surface area (Å²) in [6, 6.07) is -0.390. The van der Waals surface area contributed by atoms with E-state index < -0.39 is 5.97 Å². The number of carbonyl (C=O) groups excluding carboxylic acids is 2. The van der Waals surface area contributed by atoms with Gasteiger partial charge in [-0.1, -0.05) is 13.8 Å². The van der Waals surface area contributed by atoms with E-state index in [1.807, 2.05) is 0 Å². The molecule has 7 heteroatoms. The van der Waals surface area contributed by atoms with Gasteiger partial charge < -0.3 is 15.7 Å². The van der Waals surface area contributed by atoms with Gasteiger partial charge in [0.2, 0.25) is 11.8 Å². The van der Waals surface area contributed by atoms with Crippen molar-refractivity contribution in [2.75, 3.05) is 19.6 Å². The molecule has 2 unspecified atom stereocenters. The zero-order valence-corrected chi connectivity index (χ0v) is 12.6. The van der Waals surface area contributed by atoms with Crippen LogP contribution < -0.4 is 16.0 Å². The number of aliphatic carboxylic acids is 1. The molecule has 0 spiro atoms. The summed E-state index contributed by atoms with van der Waals surface area (Å²) in [5, 5.41) is 17.1. The minimum atomic E-state index is -0.785. The Bertz CT molecular complexity index is 374. The van der Waals surface area contributed by atoms with Crippen LogP contribution >= 0.6 is 0 Å². The highest BCUT2D eigenvalue weighted by atomic mass is 16.4. The van der Waals surface area contributed by atoms with E-state index in [2.05, 4.69) is 29.8 Å². The lowest BCUT2D eigenvalue weighted by molar-refractivity contribution is -0.137. The van der Waals surface area contributed by atoms with Crippen LogP contribution in [0, 0.1) is 11.8 Å². The smallest absolute Gasteiger partial charge is 0.303 e. The van der Waals surface area contributed by atoms with Gasteiger partial charge in [-0.15, -0.1) is 0 Å². The molecule has 0 aromatic heterocycles. The first-order valence-corrected chi connectivity index (χ1v) is 7.39. The first-order valence-electron chi connectivity index (χ1n) is 7.39. The number of hydrogen-bond donors (Lipinski definition) is 4. The van der Waals surface area contributed by atoms with Gasteiger partial charge in [0.15, 0.2) is 0 Å². The molecule has 4 N–H and O–H groups in total. The summed E-state index contributed by atoms with van der Waals surface area (Å²) in [5.74, 6) is -0.357. The van der Waals surface area contributed by atoms with Crippen molar-refractivity contribution >= 4 is 17.8 Å². The third kappa shape index (κ3) is 6.57.